The summed E-state index contributed by atoms with van der Waals surface area (Å²) in [6, 6.07) is 14.5. The number of benzene rings is 2. The Labute approximate surface area is 182 Å². The largest absolute Gasteiger partial charge is 0.491 e. The Balaban J connectivity index is 1.45. The molecule has 7 heteroatoms. The SMILES string of the molecule is CN=C(NCCCc1nc2ccccc2s1)NCc1ccc(C)cc1OCCOC. The van der Waals surface area contributed by atoms with Gasteiger partial charge >= 0.3 is 0 Å². The van der Waals surface area contributed by atoms with Crippen molar-refractivity contribution in [2.45, 2.75) is 26.3 Å². The summed E-state index contributed by atoms with van der Waals surface area (Å²) in [4.78, 5) is 9.02. The van der Waals surface area contributed by atoms with Crippen LogP contribution in [0.1, 0.15) is 22.6 Å². The predicted molar refractivity (Wildman–Crippen MR) is 125 cm³/mol. The first-order valence-corrected chi connectivity index (χ1v) is 11.0. The third kappa shape index (κ3) is 6.43. The number of rotatable bonds is 10. The van der Waals surface area contributed by atoms with E-state index in [0.717, 1.165) is 42.2 Å². The number of ether oxygens (including phenoxy) is 2. The van der Waals surface area contributed by atoms with Gasteiger partial charge in [0.15, 0.2) is 5.96 Å². The van der Waals surface area contributed by atoms with Crippen molar-refractivity contribution in [2.24, 2.45) is 4.99 Å². The van der Waals surface area contributed by atoms with Gasteiger partial charge in [0.2, 0.25) is 0 Å². The molecule has 6 nitrogen and oxygen atoms in total. The van der Waals surface area contributed by atoms with E-state index in [9.17, 15) is 0 Å². The van der Waals surface area contributed by atoms with Crippen molar-refractivity contribution in [1.29, 1.82) is 0 Å². The molecule has 2 N–H and O–H groups in total. The molecule has 0 bridgehead atoms. The van der Waals surface area contributed by atoms with Gasteiger partial charge in [0.05, 0.1) is 21.8 Å². The smallest absolute Gasteiger partial charge is 0.191 e. The first kappa shape index (κ1) is 22.1. The van der Waals surface area contributed by atoms with Crippen LogP contribution >= 0.6 is 11.3 Å². The molecule has 0 fully saturated rings. The standard InChI is InChI=1S/C23H30N4O2S/c1-17-10-11-18(20(15-17)29-14-13-28-3)16-26-23(24-2)25-12-6-9-22-27-19-7-4-5-8-21(19)30-22/h4-5,7-8,10-11,15H,6,9,12-14,16H2,1-3H3,(H2,24,25,26). The number of hydrogen-bond acceptors (Lipinski definition) is 5. The van der Waals surface area contributed by atoms with Gasteiger partial charge in [-0.1, -0.05) is 24.3 Å². The monoisotopic (exact) mass is 426 g/mol. The second-order valence-corrected chi connectivity index (χ2v) is 8.10. The molecule has 0 unspecified atom stereocenters. The van der Waals surface area contributed by atoms with E-state index in [2.05, 4.69) is 58.9 Å². The second kappa shape index (κ2) is 11.5. The third-order valence-corrected chi connectivity index (χ3v) is 5.73. The predicted octanol–water partition coefficient (Wildman–Crippen LogP) is 3.93. The number of aromatic nitrogens is 1. The average molecular weight is 427 g/mol. The summed E-state index contributed by atoms with van der Waals surface area (Å²) in [7, 11) is 3.46. The Morgan fingerprint density at radius 1 is 1.13 bits per heavy atom. The molecule has 1 heterocycles. The lowest BCUT2D eigenvalue weighted by Crippen LogP contribution is -2.37. The van der Waals surface area contributed by atoms with Gasteiger partial charge < -0.3 is 20.1 Å². The van der Waals surface area contributed by atoms with E-state index in [0.29, 0.717) is 19.8 Å². The summed E-state index contributed by atoms with van der Waals surface area (Å²) in [6.07, 6.45) is 1.95. The second-order valence-electron chi connectivity index (χ2n) is 6.98. The van der Waals surface area contributed by atoms with Crippen molar-refractivity contribution in [1.82, 2.24) is 15.6 Å². The highest BCUT2D eigenvalue weighted by molar-refractivity contribution is 7.18. The van der Waals surface area contributed by atoms with Gasteiger partial charge in [-0.2, -0.15) is 0 Å². The zero-order valence-corrected chi connectivity index (χ0v) is 18.7. The summed E-state index contributed by atoms with van der Waals surface area (Å²) in [5, 5.41) is 7.93. The van der Waals surface area contributed by atoms with Crippen LogP contribution in [0.5, 0.6) is 5.75 Å². The summed E-state index contributed by atoms with van der Waals surface area (Å²) in [6.45, 7) is 4.64. The Morgan fingerprint density at radius 3 is 2.80 bits per heavy atom. The molecule has 0 spiro atoms. The molecule has 0 atom stereocenters. The maximum Gasteiger partial charge on any atom is 0.191 e. The number of para-hydroxylation sites is 1. The van der Waals surface area contributed by atoms with E-state index in [-0.39, 0.29) is 0 Å². The van der Waals surface area contributed by atoms with E-state index in [1.165, 1.54) is 15.3 Å². The zero-order chi connectivity index (χ0) is 21.2. The number of aryl methyl sites for hydroxylation is 2. The minimum atomic E-state index is 0.533. The molecule has 0 aliphatic heterocycles. The average Bonchev–Trinajstić information content (AvgIpc) is 3.17. The molecule has 3 aromatic rings. The van der Waals surface area contributed by atoms with Gasteiger partial charge in [0.25, 0.3) is 0 Å². The van der Waals surface area contributed by atoms with Gasteiger partial charge in [-0.05, 0) is 37.1 Å². The minimum absolute atomic E-state index is 0.533. The Bertz CT molecular complexity index is 938. The van der Waals surface area contributed by atoms with Crippen molar-refractivity contribution in [3.8, 4) is 5.75 Å². The van der Waals surface area contributed by atoms with Crippen LogP contribution in [0.4, 0.5) is 0 Å². The summed E-state index contributed by atoms with van der Waals surface area (Å²) < 4.78 is 12.2. The number of guanidine groups is 1. The van der Waals surface area contributed by atoms with Gasteiger partial charge in [0, 0.05) is 39.2 Å². The van der Waals surface area contributed by atoms with Crippen LogP contribution in [0.3, 0.4) is 0 Å². The van der Waals surface area contributed by atoms with Crippen molar-refractivity contribution < 1.29 is 9.47 Å². The highest BCUT2D eigenvalue weighted by Gasteiger charge is 2.07. The fourth-order valence-corrected chi connectivity index (χ4v) is 4.06. The quantitative estimate of drug-likeness (QED) is 0.292. The number of nitrogens with one attached hydrogen (secondary N) is 2. The topological polar surface area (TPSA) is 67.8 Å². The van der Waals surface area contributed by atoms with Crippen LogP contribution in [0.25, 0.3) is 10.2 Å². The Morgan fingerprint density at radius 2 is 2.00 bits per heavy atom. The Kier molecular flexibility index (Phi) is 8.47. The highest BCUT2D eigenvalue weighted by atomic mass is 32.1. The molecule has 0 aliphatic rings. The van der Waals surface area contributed by atoms with E-state index in [1.807, 2.05) is 6.07 Å². The van der Waals surface area contributed by atoms with Crippen LogP contribution in [0, 0.1) is 6.92 Å². The number of methoxy groups -OCH3 is 1. The van der Waals surface area contributed by atoms with Crippen LogP contribution in [-0.2, 0) is 17.7 Å². The molecule has 0 amide bonds. The molecule has 160 valence electrons. The molecule has 0 saturated carbocycles. The van der Waals surface area contributed by atoms with E-state index in [1.54, 1.807) is 25.5 Å². The fourth-order valence-electron chi connectivity index (χ4n) is 3.05. The maximum absolute atomic E-state index is 5.87. The van der Waals surface area contributed by atoms with Gasteiger partial charge in [-0.15, -0.1) is 11.3 Å². The van der Waals surface area contributed by atoms with Gasteiger partial charge in [0.1, 0.15) is 12.4 Å². The minimum Gasteiger partial charge on any atom is -0.491 e. The van der Waals surface area contributed by atoms with Crippen molar-refractivity contribution in [3.05, 3.63) is 58.6 Å². The van der Waals surface area contributed by atoms with E-state index < -0.39 is 0 Å². The van der Waals surface area contributed by atoms with Crippen LogP contribution < -0.4 is 15.4 Å². The molecule has 0 radical (unpaired) electrons. The molecular weight excluding hydrogens is 396 g/mol. The highest BCUT2D eigenvalue weighted by Crippen LogP contribution is 2.22. The summed E-state index contributed by atoms with van der Waals surface area (Å²) in [5.74, 6) is 1.66. The van der Waals surface area contributed by atoms with Crippen molar-refractivity contribution in [2.75, 3.05) is 33.9 Å². The summed E-state index contributed by atoms with van der Waals surface area (Å²) >= 11 is 1.77. The Hall–Kier alpha value is -2.64. The molecule has 0 saturated heterocycles. The molecule has 3 rings (SSSR count). The number of nitrogens with zero attached hydrogens (tertiary/aromatic N) is 2. The van der Waals surface area contributed by atoms with Crippen LogP contribution in [0.2, 0.25) is 0 Å². The fraction of sp³-hybridized carbons (Fsp3) is 0.391. The number of hydrogen-bond donors (Lipinski definition) is 2. The zero-order valence-electron chi connectivity index (χ0n) is 17.9. The van der Waals surface area contributed by atoms with Crippen LogP contribution in [-0.4, -0.2) is 44.9 Å². The number of fused-ring (bicyclic) bond motifs is 1. The molecule has 2 aromatic carbocycles. The maximum atomic E-state index is 5.87. The van der Waals surface area contributed by atoms with Crippen molar-refractivity contribution >= 4 is 27.5 Å². The molecular formula is C23H30N4O2S. The molecule has 1 aromatic heterocycles. The first-order valence-electron chi connectivity index (χ1n) is 10.2. The first-order chi connectivity index (χ1) is 14.7. The lowest BCUT2D eigenvalue weighted by atomic mass is 10.1. The number of aliphatic imine (C=N–C) groups is 1. The van der Waals surface area contributed by atoms with E-state index in [4.69, 9.17) is 14.5 Å². The summed E-state index contributed by atoms with van der Waals surface area (Å²) in [5.41, 5.74) is 3.35. The number of thiazole rings is 1. The van der Waals surface area contributed by atoms with Gasteiger partial charge in [-0.3, -0.25) is 4.99 Å². The normalized spacial score (nSPS) is 11.6. The van der Waals surface area contributed by atoms with Gasteiger partial charge in [-0.25, -0.2) is 4.98 Å². The lowest BCUT2D eigenvalue weighted by Gasteiger charge is -2.15. The van der Waals surface area contributed by atoms with Crippen molar-refractivity contribution in [3.63, 3.8) is 0 Å². The van der Waals surface area contributed by atoms with Crippen LogP contribution in [0.15, 0.2) is 47.5 Å². The molecule has 30 heavy (non-hydrogen) atoms. The third-order valence-electron chi connectivity index (χ3n) is 4.64. The van der Waals surface area contributed by atoms with E-state index >= 15 is 0 Å². The lowest BCUT2D eigenvalue weighted by molar-refractivity contribution is 0.145. The molecule has 0 aliphatic carbocycles.